The molecular weight excluding hydrogens is 378 g/mol. The van der Waals surface area contributed by atoms with E-state index in [0.717, 1.165) is 22.9 Å². The van der Waals surface area contributed by atoms with Crippen molar-refractivity contribution in [2.75, 3.05) is 0 Å². The number of H-pyrrole nitrogens is 1. The lowest BCUT2D eigenvalue weighted by molar-refractivity contribution is 0.0280. The van der Waals surface area contributed by atoms with E-state index in [4.69, 9.17) is 4.74 Å². The summed E-state index contributed by atoms with van der Waals surface area (Å²) in [5.74, 6) is -0.883. The highest BCUT2D eigenvalue weighted by Gasteiger charge is 2.28. The maximum atomic E-state index is 13.5. The zero-order chi connectivity index (χ0) is 21.1. The summed E-state index contributed by atoms with van der Waals surface area (Å²) in [5, 5.41) is 10.3. The van der Waals surface area contributed by atoms with E-state index >= 15 is 0 Å². The highest BCUT2D eigenvalue weighted by molar-refractivity contribution is 6.11. The summed E-state index contributed by atoms with van der Waals surface area (Å²) < 4.78 is 5.67. The fourth-order valence-corrected chi connectivity index (χ4v) is 3.53. The van der Waals surface area contributed by atoms with Crippen LogP contribution in [0.5, 0.6) is 5.75 Å². The minimum Gasteiger partial charge on any atom is -0.508 e. The summed E-state index contributed by atoms with van der Waals surface area (Å²) in [6.07, 6.45) is 1.43. The first-order chi connectivity index (χ1) is 14.6. The number of aromatic hydroxyl groups is 1. The number of esters is 1. The number of hydrogen-bond donors (Lipinski definition) is 2. The van der Waals surface area contributed by atoms with Crippen LogP contribution in [0.4, 0.5) is 0 Å². The summed E-state index contributed by atoms with van der Waals surface area (Å²) in [5.41, 5.74) is 3.36. The lowest BCUT2D eigenvalue weighted by Crippen LogP contribution is -2.20. The van der Waals surface area contributed by atoms with Crippen LogP contribution in [0.15, 0.2) is 79.0 Å². The van der Waals surface area contributed by atoms with Crippen LogP contribution < -0.4 is 0 Å². The zero-order valence-corrected chi connectivity index (χ0v) is 16.5. The molecule has 0 radical (unpaired) electrons. The number of ether oxygens (including phenoxy) is 1. The van der Waals surface area contributed by atoms with Crippen LogP contribution in [-0.4, -0.2) is 21.8 Å². The fraction of sp³-hybridized carbons (Fsp3) is 0.120. The van der Waals surface area contributed by atoms with Gasteiger partial charge in [-0.2, -0.15) is 0 Å². The Morgan fingerprint density at radius 1 is 0.967 bits per heavy atom. The van der Waals surface area contributed by atoms with Gasteiger partial charge < -0.3 is 14.8 Å². The molecule has 0 saturated carbocycles. The smallest absolute Gasteiger partial charge is 0.339 e. The molecular formula is C25H21NO4. The fourth-order valence-electron chi connectivity index (χ4n) is 3.53. The molecule has 0 unspecified atom stereocenters. The molecule has 0 saturated heterocycles. The van der Waals surface area contributed by atoms with Crippen LogP contribution in [0.2, 0.25) is 0 Å². The van der Waals surface area contributed by atoms with E-state index in [1.165, 1.54) is 24.3 Å². The lowest BCUT2D eigenvalue weighted by Gasteiger charge is -2.17. The first-order valence-electron chi connectivity index (χ1n) is 9.76. The van der Waals surface area contributed by atoms with Crippen molar-refractivity contribution in [3.05, 3.63) is 101 Å². The third kappa shape index (κ3) is 3.70. The van der Waals surface area contributed by atoms with Gasteiger partial charge in [-0.05, 0) is 36.2 Å². The molecule has 0 aliphatic heterocycles. The lowest BCUT2D eigenvalue weighted by atomic mass is 9.98. The Hall–Kier alpha value is -3.86. The van der Waals surface area contributed by atoms with Crippen molar-refractivity contribution < 1.29 is 19.4 Å². The quantitative estimate of drug-likeness (QED) is 0.344. The number of phenols is 1. The number of aromatic amines is 1. The highest BCUT2D eigenvalue weighted by atomic mass is 16.5. The Morgan fingerprint density at radius 2 is 1.70 bits per heavy atom. The van der Waals surface area contributed by atoms with Gasteiger partial charge >= 0.3 is 5.97 Å². The highest BCUT2D eigenvalue weighted by Crippen LogP contribution is 2.29. The topological polar surface area (TPSA) is 79.4 Å². The first-order valence-corrected chi connectivity index (χ1v) is 9.76. The number of rotatable bonds is 6. The maximum Gasteiger partial charge on any atom is 0.339 e. The van der Waals surface area contributed by atoms with E-state index in [-0.39, 0.29) is 17.1 Å². The average Bonchev–Trinajstić information content (AvgIpc) is 3.22. The van der Waals surface area contributed by atoms with Gasteiger partial charge in [0.1, 0.15) is 5.75 Å². The van der Waals surface area contributed by atoms with Crippen molar-refractivity contribution >= 4 is 22.7 Å². The van der Waals surface area contributed by atoms with Gasteiger partial charge in [0.25, 0.3) is 0 Å². The second kappa shape index (κ2) is 8.25. The number of aromatic nitrogens is 1. The van der Waals surface area contributed by atoms with Crippen LogP contribution in [0.3, 0.4) is 0 Å². The van der Waals surface area contributed by atoms with Crippen LogP contribution in [-0.2, 0) is 11.2 Å². The summed E-state index contributed by atoms with van der Waals surface area (Å²) in [7, 11) is 0. The van der Waals surface area contributed by atoms with E-state index in [0.29, 0.717) is 11.1 Å². The Kier molecular flexibility index (Phi) is 5.35. The predicted octanol–water partition coefficient (Wildman–Crippen LogP) is 5.22. The molecule has 3 aromatic carbocycles. The molecule has 4 aromatic rings. The molecule has 0 bridgehead atoms. The number of aryl methyl sites for hydroxylation is 1. The SMILES string of the molecule is CCc1cccc2c(C(=O)[C@@H](OC(=O)c3ccc(O)cc3)c3ccccc3)c[nH]c12. The predicted molar refractivity (Wildman–Crippen MR) is 115 cm³/mol. The number of carbonyl (C=O) groups is 2. The molecule has 1 atom stereocenters. The standard InChI is InChI=1S/C25H21NO4/c1-2-16-9-6-10-20-21(15-26-22(16)20)23(28)24(17-7-4-3-5-8-17)30-25(29)18-11-13-19(27)14-12-18/h3-15,24,26-27H,2H2,1H3/t24-/m0/s1. The Bertz CT molecular complexity index is 1190. The number of fused-ring (bicyclic) bond motifs is 1. The van der Waals surface area contributed by atoms with Crippen molar-refractivity contribution in [2.45, 2.75) is 19.4 Å². The normalized spacial score (nSPS) is 11.9. The summed E-state index contributed by atoms with van der Waals surface area (Å²) in [6.45, 7) is 2.06. The molecule has 0 aliphatic rings. The summed E-state index contributed by atoms with van der Waals surface area (Å²) in [6, 6.07) is 20.5. The molecule has 5 heteroatoms. The number of para-hydroxylation sites is 1. The van der Waals surface area contributed by atoms with E-state index < -0.39 is 12.1 Å². The molecule has 1 aromatic heterocycles. The van der Waals surface area contributed by atoms with E-state index in [1.807, 2.05) is 24.3 Å². The number of nitrogens with one attached hydrogen (secondary N) is 1. The van der Waals surface area contributed by atoms with Gasteiger partial charge in [-0.3, -0.25) is 4.79 Å². The monoisotopic (exact) mass is 399 g/mol. The van der Waals surface area contributed by atoms with Gasteiger partial charge in [-0.25, -0.2) is 4.79 Å². The van der Waals surface area contributed by atoms with E-state index in [2.05, 4.69) is 11.9 Å². The Balaban J connectivity index is 1.72. The van der Waals surface area contributed by atoms with Crippen molar-refractivity contribution in [3.8, 4) is 5.75 Å². The number of benzene rings is 3. The average molecular weight is 399 g/mol. The molecule has 0 spiro atoms. The van der Waals surface area contributed by atoms with Crippen molar-refractivity contribution in [1.29, 1.82) is 0 Å². The third-order valence-corrected chi connectivity index (χ3v) is 5.12. The third-order valence-electron chi connectivity index (χ3n) is 5.12. The van der Waals surface area contributed by atoms with Crippen molar-refractivity contribution in [2.24, 2.45) is 0 Å². The minimum absolute atomic E-state index is 0.0488. The Morgan fingerprint density at radius 3 is 2.40 bits per heavy atom. The van der Waals surface area contributed by atoms with Gasteiger partial charge in [-0.1, -0.05) is 55.5 Å². The second-order valence-electron chi connectivity index (χ2n) is 7.00. The number of hydrogen-bond acceptors (Lipinski definition) is 4. The van der Waals surface area contributed by atoms with Crippen molar-refractivity contribution in [1.82, 2.24) is 4.98 Å². The molecule has 0 amide bonds. The van der Waals surface area contributed by atoms with Gasteiger partial charge in [0.05, 0.1) is 5.56 Å². The largest absolute Gasteiger partial charge is 0.508 e. The molecule has 4 rings (SSSR count). The number of phenolic OH excluding ortho intramolecular Hbond substituents is 1. The zero-order valence-electron chi connectivity index (χ0n) is 16.5. The molecule has 0 aliphatic carbocycles. The first kappa shape index (κ1) is 19.5. The maximum absolute atomic E-state index is 13.5. The minimum atomic E-state index is -1.09. The second-order valence-corrected chi connectivity index (χ2v) is 7.00. The van der Waals surface area contributed by atoms with Crippen LogP contribution in [0.1, 0.15) is 44.9 Å². The van der Waals surface area contributed by atoms with Crippen LogP contribution in [0, 0.1) is 0 Å². The Labute approximate surface area is 173 Å². The summed E-state index contributed by atoms with van der Waals surface area (Å²) in [4.78, 5) is 29.4. The number of carbonyl (C=O) groups excluding carboxylic acids is 2. The van der Waals surface area contributed by atoms with Crippen LogP contribution >= 0.6 is 0 Å². The van der Waals surface area contributed by atoms with E-state index in [1.54, 1.807) is 30.5 Å². The van der Waals surface area contributed by atoms with Crippen LogP contribution in [0.25, 0.3) is 10.9 Å². The van der Waals surface area contributed by atoms with Gasteiger partial charge in [-0.15, -0.1) is 0 Å². The summed E-state index contributed by atoms with van der Waals surface area (Å²) >= 11 is 0. The number of Topliss-reactive ketones (excluding diaryl/α,β-unsaturated/α-hetero) is 1. The van der Waals surface area contributed by atoms with Crippen molar-refractivity contribution in [3.63, 3.8) is 0 Å². The van der Waals surface area contributed by atoms with E-state index in [9.17, 15) is 14.7 Å². The molecule has 0 fully saturated rings. The van der Waals surface area contributed by atoms with Gasteiger partial charge in [0.2, 0.25) is 5.78 Å². The molecule has 2 N–H and O–H groups in total. The molecule has 1 heterocycles. The molecule has 150 valence electrons. The number of ketones is 1. The molecule has 30 heavy (non-hydrogen) atoms. The van der Waals surface area contributed by atoms with Gasteiger partial charge in [0, 0.05) is 28.2 Å². The molecule has 5 nitrogen and oxygen atoms in total. The van der Waals surface area contributed by atoms with Gasteiger partial charge in [0.15, 0.2) is 6.10 Å².